The summed E-state index contributed by atoms with van der Waals surface area (Å²) in [7, 11) is -3.55. The van der Waals surface area contributed by atoms with Gasteiger partial charge in [-0.05, 0) is 30.7 Å². The first-order valence-corrected chi connectivity index (χ1v) is 10.0. The standard InChI is InChI=1S/C17H19NO3S2/c1-2-11-21-14-8-9-17-16(13-14)18(10-12-22-17)23(19,20)15-6-4-3-5-7-15/h3-9,13H,2,10-12H2,1H3. The number of anilines is 1. The van der Waals surface area contributed by atoms with E-state index in [1.165, 1.54) is 4.31 Å². The van der Waals surface area contributed by atoms with E-state index < -0.39 is 10.0 Å². The van der Waals surface area contributed by atoms with E-state index in [1.54, 1.807) is 36.0 Å². The van der Waals surface area contributed by atoms with Crippen LogP contribution in [0.15, 0.2) is 58.3 Å². The molecule has 0 radical (unpaired) electrons. The molecule has 1 heterocycles. The van der Waals surface area contributed by atoms with E-state index >= 15 is 0 Å². The zero-order valence-corrected chi connectivity index (χ0v) is 14.6. The number of sulfonamides is 1. The molecule has 0 saturated heterocycles. The van der Waals surface area contributed by atoms with E-state index in [0.29, 0.717) is 29.5 Å². The van der Waals surface area contributed by atoms with E-state index in [0.717, 1.165) is 17.1 Å². The molecule has 0 N–H and O–H groups in total. The van der Waals surface area contributed by atoms with Crippen LogP contribution in [0, 0.1) is 0 Å². The van der Waals surface area contributed by atoms with Gasteiger partial charge in [-0.25, -0.2) is 8.42 Å². The molecule has 0 bridgehead atoms. The minimum atomic E-state index is -3.55. The predicted octanol–water partition coefficient (Wildman–Crippen LogP) is 3.78. The van der Waals surface area contributed by atoms with E-state index in [9.17, 15) is 8.42 Å². The highest BCUT2D eigenvalue weighted by Gasteiger charge is 2.29. The lowest BCUT2D eigenvalue weighted by Crippen LogP contribution is -2.35. The first-order valence-electron chi connectivity index (χ1n) is 7.60. The normalized spacial score (nSPS) is 14.4. The molecule has 0 aliphatic carbocycles. The Morgan fingerprint density at radius 3 is 2.70 bits per heavy atom. The largest absolute Gasteiger partial charge is 0.494 e. The van der Waals surface area contributed by atoms with Gasteiger partial charge in [0.1, 0.15) is 5.75 Å². The highest BCUT2D eigenvalue weighted by molar-refractivity contribution is 8.00. The molecule has 0 atom stereocenters. The van der Waals surface area contributed by atoms with Crippen LogP contribution in [0.25, 0.3) is 0 Å². The molecule has 2 aromatic carbocycles. The summed E-state index contributed by atoms with van der Waals surface area (Å²) in [5.41, 5.74) is 0.707. The van der Waals surface area contributed by atoms with Crippen LogP contribution in [-0.2, 0) is 10.0 Å². The van der Waals surface area contributed by atoms with Crippen molar-refractivity contribution in [2.45, 2.75) is 23.1 Å². The van der Waals surface area contributed by atoms with Gasteiger partial charge in [0.2, 0.25) is 0 Å². The molecule has 1 aliphatic heterocycles. The van der Waals surface area contributed by atoms with E-state index in [2.05, 4.69) is 0 Å². The van der Waals surface area contributed by atoms with Crippen LogP contribution in [0.4, 0.5) is 5.69 Å². The van der Waals surface area contributed by atoms with Crippen molar-refractivity contribution < 1.29 is 13.2 Å². The van der Waals surface area contributed by atoms with Crippen LogP contribution < -0.4 is 9.04 Å². The molecular weight excluding hydrogens is 330 g/mol. The molecule has 4 nitrogen and oxygen atoms in total. The third-order valence-electron chi connectivity index (χ3n) is 3.56. The van der Waals surface area contributed by atoms with Crippen molar-refractivity contribution in [2.75, 3.05) is 23.2 Å². The molecule has 0 aromatic heterocycles. The van der Waals surface area contributed by atoms with Crippen LogP contribution in [0.3, 0.4) is 0 Å². The summed E-state index contributed by atoms with van der Waals surface area (Å²) < 4.78 is 33.1. The molecule has 1 aliphatic rings. The SMILES string of the molecule is CCCOc1ccc2c(c1)N(S(=O)(=O)c1ccccc1)CCS2. The fourth-order valence-corrected chi connectivity index (χ4v) is 5.10. The Labute approximate surface area is 141 Å². The van der Waals surface area contributed by atoms with Gasteiger partial charge in [0.05, 0.1) is 17.2 Å². The maximum atomic E-state index is 13.0. The second kappa shape index (κ2) is 6.84. The summed E-state index contributed by atoms with van der Waals surface area (Å²) in [5.74, 6) is 1.45. The highest BCUT2D eigenvalue weighted by Crippen LogP contribution is 2.39. The summed E-state index contributed by atoms with van der Waals surface area (Å²) in [5, 5.41) is 0. The molecule has 3 rings (SSSR count). The molecule has 0 unspecified atom stereocenters. The molecular formula is C17H19NO3S2. The zero-order valence-electron chi connectivity index (χ0n) is 12.9. The maximum Gasteiger partial charge on any atom is 0.264 e. The van der Waals surface area contributed by atoms with E-state index in [-0.39, 0.29) is 0 Å². The number of hydrogen-bond donors (Lipinski definition) is 0. The number of rotatable bonds is 5. The summed E-state index contributed by atoms with van der Waals surface area (Å²) in [6.07, 6.45) is 0.915. The van der Waals surface area contributed by atoms with Crippen molar-refractivity contribution in [3.8, 4) is 5.75 Å². The molecule has 2 aromatic rings. The number of benzene rings is 2. The monoisotopic (exact) mass is 349 g/mol. The lowest BCUT2D eigenvalue weighted by atomic mass is 10.3. The van der Waals surface area contributed by atoms with Gasteiger partial charge >= 0.3 is 0 Å². The number of nitrogens with zero attached hydrogens (tertiary/aromatic N) is 1. The molecule has 122 valence electrons. The minimum absolute atomic E-state index is 0.317. The fourth-order valence-electron chi connectivity index (χ4n) is 2.45. The number of hydrogen-bond acceptors (Lipinski definition) is 4. The van der Waals surface area contributed by atoms with Gasteiger partial charge in [-0.1, -0.05) is 25.1 Å². The van der Waals surface area contributed by atoms with Gasteiger partial charge < -0.3 is 4.74 Å². The fraction of sp³-hybridized carbons (Fsp3) is 0.294. The van der Waals surface area contributed by atoms with Gasteiger partial charge in [0.25, 0.3) is 10.0 Å². The Morgan fingerprint density at radius 2 is 1.96 bits per heavy atom. The molecule has 0 amide bonds. The third-order valence-corrected chi connectivity index (χ3v) is 6.43. The lowest BCUT2D eigenvalue weighted by molar-refractivity contribution is 0.317. The van der Waals surface area contributed by atoms with Crippen molar-refractivity contribution in [1.82, 2.24) is 0 Å². The van der Waals surface area contributed by atoms with Gasteiger partial charge in [-0.3, -0.25) is 4.31 Å². The topological polar surface area (TPSA) is 46.6 Å². The van der Waals surface area contributed by atoms with Crippen LogP contribution in [0.1, 0.15) is 13.3 Å². The molecule has 23 heavy (non-hydrogen) atoms. The van der Waals surface area contributed by atoms with Crippen molar-refractivity contribution in [2.24, 2.45) is 0 Å². The number of ether oxygens (including phenoxy) is 1. The Bertz CT molecular complexity index is 776. The van der Waals surface area contributed by atoms with Crippen molar-refractivity contribution >= 4 is 27.5 Å². The van der Waals surface area contributed by atoms with Crippen LogP contribution in [0.2, 0.25) is 0 Å². The van der Waals surface area contributed by atoms with Crippen LogP contribution in [0.5, 0.6) is 5.75 Å². The van der Waals surface area contributed by atoms with Crippen molar-refractivity contribution in [1.29, 1.82) is 0 Å². The van der Waals surface area contributed by atoms with Crippen LogP contribution in [-0.4, -0.2) is 27.3 Å². The molecule has 0 saturated carbocycles. The first kappa shape index (κ1) is 16.2. The Kier molecular flexibility index (Phi) is 4.82. The lowest BCUT2D eigenvalue weighted by Gasteiger charge is -2.30. The van der Waals surface area contributed by atoms with Crippen molar-refractivity contribution in [3.05, 3.63) is 48.5 Å². The first-order chi connectivity index (χ1) is 11.1. The van der Waals surface area contributed by atoms with E-state index in [4.69, 9.17) is 4.74 Å². The highest BCUT2D eigenvalue weighted by atomic mass is 32.2. The summed E-state index contributed by atoms with van der Waals surface area (Å²) >= 11 is 1.67. The Hall–Kier alpha value is -1.66. The van der Waals surface area contributed by atoms with Gasteiger partial charge in [-0.15, -0.1) is 11.8 Å². The van der Waals surface area contributed by atoms with Gasteiger partial charge in [0.15, 0.2) is 0 Å². The van der Waals surface area contributed by atoms with E-state index in [1.807, 2.05) is 31.2 Å². The predicted molar refractivity (Wildman–Crippen MR) is 93.9 cm³/mol. The number of fused-ring (bicyclic) bond motifs is 1. The third kappa shape index (κ3) is 3.33. The minimum Gasteiger partial charge on any atom is -0.494 e. The smallest absolute Gasteiger partial charge is 0.264 e. The van der Waals surface area contributed by atoms with Crippen LogP contribution >= 0.6 is 11.8 Å². The maximum absolute atomic E-state index is 13.0. The molecule has 0 spiro atoms. The second-order valence-electron chi connectivity index (χ2n) is 5.22. The average molecular weight is 349 g/mol. The van der Waals surface area contributed by atoms with Gasteiger partial charge in [-0.2, -0.15) is 0 Å². The van der Waals surface area contributed by atoms with Crippen molar-refractivity contribution in [3.63, 3.8) is 0 Å². The zero-order chi connectivity index (χ0) is 16.3. The van der Waals surface area contributed by atoms with Gasteiger partial charge in [0, 0.05) is 23.3 Å². The summed E-state index contributed by atoms with van der Waals surface area (Å²) in [6.45, 7) is 3.13. The quantitative estimate of drug-likeness (QED) is 0.824. The summed E-state index contributed by atoms with van der Waals surface area (Å²) in [4.78, 5) is 1.29. The number of thioether (sulfide) groups is 1. The Morgan fingerprint density at radius 1 is 1.17 bits per heavy atom. The molecule has 6 heteroatoms. The average Bonchev–Trinajstić information content (AvgIpc) is 2.60. The second-order valence-corrected chi connectivity index (χ2v) is 8.22. The molecule has 0 fully saturated rings. The summed E-state index contributed by atoms with van der Waals surface area (Å²) in [6, 6.07) is 14.2. The Balaban J connectivity index is 2.00.